The van der Waals surface area contributed by atoms with Gasteiger partial charge in [0.15, 0.2) is 5.82 Å². The molecule has 0 bridgehead atoms. The highest BCUT2D eigenvalue weighted by atomic mass is 17.0. The molecule has 0 saturated carbocycles. The lowest BCUT2D eigenvalue weighted by atomic mass is 10.2. The van der Waals surface area contributed by atoms with E-state index in [9.17, 15) is 0 Å². The van der Waals surface area contributed by atoms with E-state index >= 15 is 0 Å². The highest BCUT2D eigenvalue weighted by Crippen LogP contribution is 2.21. The Kier molecular flexibility index (Phi) is 2.03. The molecule has 1 aromatic rings. The zero-order valence-electron chi connectivity index (χ0n) is 7.71. The van der Waals surface area contributed by atoms with E-state index < -0.39 is 0 Å². The van der Waals surface area contributed by atoms with Crippen molar-refractivity contribution in [2.45, 2.75) is 6.92 Å². The second kappa shape index (κ2) is 3.21. The SMILES string of the molecule is Cc1cccc(N2C=C(N)N(O)O2)c1. The molecule has 0 amide bonds. The van der Waals surface area contributed by atoms with Crippen LogP contribution in [0.4, 0.5) is 5.69 Å². The molecule has 1 aliphatic rings. The summed E-state index contributed by atoms with van der Waals surface area (Å²) in [6.07, 6.45) is 1.49. The van der Waals surface area contributed by atoms with Gasteiger partial charge in [0.2, 0.25) is 0 Å². The Hall–Kier alpha value is -1.72. The summed E-state index contributed by atoms with van der Waals surface area (Å²) in [5.41, 5.74) is 7.33. The fourth-order valence-electron chi connectivity index (χ4n) is 1.21. The molecule has 0 radical (unpaired) electrons. The molecule has 1 aromatic carbocycles. The Balaban J connectivity index is 2.26. The molecule has 0 saturated heterocycles. The van der Waals surface area contributed by atoms with Gasteiger partial charge in [-0.25, -0.2) is 0 Å². The number of benzene rings is 1. The van der Waals surface area contributed by atoms with Gasteiger partial charge >= 0.3 is 0 Å². The van der Waals surface area contributed by atoms with Crippen LogP contribution in [0.1, 0.15) is 5.56 Å². The predicted molar refractivity (Wildman–Crippen MR) is 50.6 cm³/mol. The molecule has 0 aliphatic carbocycles. The molecule has 0 atom stereocenters. The smallest absolute Gasteiger partial charge is 0.176 e. The summed E-state index contributed by atoms with van der Waals surface area (Å²) < 4.78 is 0. The Labute approximate surface area is 81.5 Å². The van der Waals surface area contributed by atoms with Crippen molar-refractivity contribution < 1.29 is 10.1 Å². The number of nitrogens with two attached hydrogens (primary N) is 1. The van der Waals surface area contributed by atoms with Crippen LogP contribution in [0.25, 0.3) is 0 Å². The fraction of sp³-hybridized carbons (Fsp3) is 0.111. The minimum atomic E-state index is 0.145. The molecule has 14 heavy (non-hydrogen) atoms. The first-order valence-electron chi connectivity index (χ1n) is 4.17. The Morgan fingerprint density at radius 3 is 2.79 bits per heavy atom. The number of aryl methyl sites for hydroxylation is 1. The van der Waals surface area contributed by atoms with Crippen LogP contribution in [0.5, 0.6) is 0 Å². The summed E-state index contributed by atoms with van der Waals surface area (Å²) in [5.74, 6) is 0.145. The van der Waals surface area contributed by atoms with Crippen LogP contribution < -0.4 is 10.8 Å². The van der Waals surface area contributed by atoms with Gasteiger partial charge in [0, 0.05) is 0 Å². The molecule has 74 valence electrons. The van der Waals surface area contributed by atoms with Crippen molar-refractivity contribution >= 4 is 5.69 Å². The third-order valence-corrected chi connectivity index (χ3v) is 1.89. The molecular formula is C9H11N3O2. The minimum Gasteiger partial charge on any atom is -0.380 e. The third-order valence-electron chi connectivity index (χ3n) is 1.89. The van der Waals surface area contributed by atoms with Crippen molar-refractivity contribution in [3.63, 3.8) is 0 Å². The van der Waals surface area contributed by atoms with Crippen molar-refractivity contribution in [1.82, 2.24) is 5.23 Å². The Bertz CT molecular complexity index is 378. The Morgan fingerprint density at radius 1 is 1.43 bits per heavy atom. The van der Waals surface area contributed by atoms with Gasteiger partial charge in [-0.1, -0.05) is 17.4 Å². The van der Waals surface area contributed by atoms with Gasteiger partial charge in [-0.3, -0.25) is 5.21 Å². The van der Waals surface area contributed by atoms with Crippen LogP contribution in [-0.4, -0.2) is 10.4 Å². The number of hydrogen-bond donors (Lipinski definition) is 2. The normalized spacial score (nSPS) is 16.0. The first-order valence-corrected chi connectivity index (χ1v) is 4.17. The van der Waals surface area contributed by atoms with Gasteiger partial charge < -0.3 is 5.73 Å². The first-order chi connectivity index (χ1) is 6.66. The second-order valence-electron chi connectivity index (χ2n) is 3.07. The molecule has 0 aromatic heterocycles. The average molecular weight is 193 g/mol. The molecule has 0 unspecified atom stereocenters. The van der Waals surface area contributed by atoms with Gasteiger partial charge in [0.05, 0.1) is 11.9 Å². The predicted octanol–water partition coefficient (Wildman–Crippen LogP) is 1.11. The summed E-state index contributed by atoms with van der Waals surface area (Å²) >= 11 is 0. The van der Waals surface area contributed by atoms with Crippen molar-refractivity contribution in [3.8, 4) is 0 Å². The molecule has 0 fully saturated rings. The van der Waals surface area contributed by atoms with Crippen LogP contribution in [0, 0.1) is 6.92 Å². The van der Waals surface area contributed by atoms with Gasteiger partial charge in [-0.2, -0.15) is 5.06 Å². The van der Waals surface area contributed by atoms with Crippen LogP contribution in [-0.2, 0) is 4.94 Å². The van der Waals surface area contributed by atoms with Gasteiger partial charge in [0.1, 0.15) is 0 Å². The quantitative estimate of drug-likeness (QED) is 0.699. The van der Waals surface area contributed by atoms with E-state index in [-0.39, 0.29) is 5.82 Å². The number of rotatable bonds is 1. The molecule has 5 nitrogen and oxygen atoms in total. The van der Waals surface area contributed by atoms with Crippen molar-refractivity contribution in [3.05, 3.63) is 41.8 Å². The summed E-state index contributed by atoms with van der Waals surface area (Å²) in [4.78, 5) is 4.92. The maximum Gasteiger partial charge on any atom is 0.176 e. The van der Waals surface area contributed by atoms with Gasteiger partial charge in [-0.05, 0) is 24.6 Å². The average Bonchev–Trinajstić information content (AvgIpc) is 2.47. The lowest BCUT2D eigenvalue weighted by molar-refractivity contribution is -0.304. The maximum absolute atomic E-state index is 9.07. The number of nitrogens with zero attached hydrogens (tertiary/aromatic N) is 2. The summed E-state index contributed by atoms with van der Waals surface area (Å²) in [6, 6.07) is 7.65. The number of hydroxylamine groups is 3. The zero-order valence-corrected chi connectivity index (χ0v) is 7.71. The van der Waals surface area contributed by atoms with Crippen LogP contribution >= 0.6 is 0 Å². The first kappa shape index (κ1) is 8.86. The number of anilines is 1. The number of hydrogen-bond acceptors (Lipinski definition) is 5. The monoisotopic (exact) mass is 193 g/mol. The molecule has 5 heteroatoms. The molecule has 1 heterocycles. The summed E-state index contributed by atoms with van der Waals surface area (Å²) in [5, 5.41) is 11.0. The van der Waals surface area contributed by atoms with Crippen LogP contribution in [0.15, 0.2) is 36.3 Å². The summed E-state index contributed by atoms with van der Waals surface area (Å²) in [6.45, 7) is 1.98. The van der Waals surface area contributed by atoms with Gasteiger partial charge in [-0.15, -0.1) is 4.94 Å². The van der Waals surface area contributed by atoms with Crippen molar-refractivity contribution in [2.75, 3.05) is 5.06 Å². The molecule has 3 N–H and O–H groups in total. The van der Waals surface area contributed by atoms with E-state index in [2.05, 4.69) is 0 Å². The maximum atomic E-state index is 9.07. The zero-order chi connectivity index (χ0) is 10.1. The Morgan fingerprint density at radius 2 is 2.21 bits per heavy atom. The van der Waals surface area contributed by atoms with Crippen molar-refractivity contribution in [1.29, 1.82) is 0 Å². The van der Waals surface area contributed by atoms with E-state index in [1.54, 1.807) is 0 Å². The topological polar surface area (TPSA) is 62.0 Å². The molecule has 0 spiro atoms. The van der Waals surface area contributed by atoms with Crippen LogP contribution in [0.2, 0.25) is 0 Å². The highest BCUT2D eigenvalue weighted by Gasteiger charge is 2.19. The largest absolute Gasteiger partial charge is 0.380 e. The summed E-state index contributed by atoms with van der Waals surface area (Å²) in [7, 11) is 0. The van der Waals surface area contributed by atoms with E-state index in [1.807, 2.05) is 31.2 Å². The second-order valence-corrected chi connectivity index (χ2v) is 3.07. The highest BCUT2D eigenvalue weighted by molar-refractivity contribution is 5.49. The molecular weight excluding hydrogens is 182 g/mol. The standard InChI is InChI=1S/C9H11N3O2/c1-7-3-2-4-8(5-7)11-6-9(10)12(13)14-11/h2-6,13H,10H2,1H3. The lowest BCUT2D eigenvalue weighted by Crippen LogP contribution is -2.22. The molecule has 1 aliphatic heterocycles. The minimum absolute atomic E-state index is 0.145. The molecule has 2 rings (SSSR count). The van der Waals surface area contributed by atoms with E-state index in [1.165, 1.54) is 11.3 Å². The third kappa shape index (κ3) is 1.50. The fourth-order valence-corrected chi connectivity index (χ4v) is 1.21. The van der Waals surface area contributed by atoms with Crippen LogP contribution in [0.3, 0.4) is 0 Å². The van der Waals surface area contributed by atoms with E-state index in [0.717, 1.165) is 11.3 Å². The lowest BCUT2D eigenvalue weighted by Gasteiger charge is -2.15. The van der Waals surface area contributed by atoms with E-state index in [4.69, 9.17) is 15.9 Å². The van der Waals surface area contributed by atoms with E-state index in [0.29, 0.717) is 5.23 Å². The van der Waals surface area contributed by atoms with Crippen molar-refractivity contribution in [2.24, 2.45) is 5.73 Å². The van der Waals surface area contributed by atoms with Gasteiger partial charge in [0.25, 0.3) is 0 Å².